The standard InChI is InChI=1S/C22H20N6O4/c1-31-17-4-2-3-14-13-16(22(30)32-20(14)17)21(29)25-12-11-24-18-5-6-19(28-27-18)26-15-7-9-23-10-8-15/h2-10,13H,11-12H2,1H3,(H,24,27)(H,25,29)(H,23,26,28). The molecule has 0 aliphatic heterocycles. The summed E-state index contributed by atoms with van der Waals surface area (Å²) in [4.78, 5) is 28.6. The summed E-state index contributed by atoms with van der Waals surface area (Å²) in [6.07, 6.45) is 3.36. The third-order valence-corrected chi connectivity index (χ3v) is 4.52. The first-order valence-electron chi connectivity index (χ1n) is 9.78. The predicted octanol–water partition coefficient (Wildman–Crippen LogP) is 2.57. The number of nitrogens with zero attached hydrogens (tertiary/aromatic N) is 3. The van der Waals surface area contributed by atoms with E-state index in [1.54, 1.807) is 42.7 Å². The lowest BCUT2D eigenvalue weighted by atomic mass is 10.1. The zero-order valence-corrected chi connectivity index (χ0v) is 17.2. The average Bonchev–Trinajstić information content (AvgIpc) is 2.82. The van der Waals surface area contributed by atoms with Crippen molar-refractivity contribution in [3.63, 3.8) is 0 Å². The minimum absolute atomic E-state index is 0.0721. The van der Waals surface area contributed by atoms with Crippen molar-refractivity contribution in [3.05, 3.63) is 76.9 Å². The smallest absolute Gasteiger partial charge is 0.349 e. The van der Waals surface area contributed by atoms with Gasteiger partial charge in [-0.25, -0.2) is 4.79 Å². The Morgan fingerprint density at radius 3 is 2.56 bits per heavy atom. The van der Waals surface area contributed by atoms with E-state index in [0.29, 0.717) is 34.9 Å². The number of amides is 1. The number of carbonyl (C=O) groups is 1. The molecule has 4 rings (SSSR count). The van der Waals surface area contributed by atoms with Crippen molar-refractivity contribution in [2.45, 2.75) is 0 Å². The van der Waals surface area contributed by atoms with Crippen molar-refractivity contribution in [1.29, 1.82) is 0 Å². The van der Waals surface area contributed by atoms with Crippen LogP contribution in [0.2, 0.25) is 0 Å². The second-order valence-electron chi connectivity index (χ2n) is 6.67. The van der Waals surface area contributed by atoms with Crippen molar-refractivity contribution in [2.75, 3.05) is 30.8 Å². The van der Waals surface area contributed by atoms with E-state index >= 15 is 0 Å². The van der Waals surface area contributed by atoms with E-state index in [2.05, 4.69) is 31.1 Å². The van der Waals surface area contributed by atoms with Crippen LogP contribution in [0.25, 0.3) is 11.0 Å². The van der Waals surface area contributed by atoms with Crippen LogP contribution in [0, 0.1) is 0 Å². The van der Waals surface area contributed by atoms with Gasteiger partial charge in [0.2, 0.25) is 0 Å². The van der Waals surface area contributed by atoms with Crippen LogP contribution < -0.4 is 26.3 Å². The van der Waals surface area contributed by atoms with Crippen LogP contribution in [0.1, 0.15) is 10.4 Å². The summed E-state index contributed by atoms with van der Waals surface area (Å²) in [7, 11) is 1.48. The number of carbonyl (C=O) groups excluding carboxylic acids is 1. The summed E-state index contributed by atoms with van der Waals surface area (Å²) >= 11 is 0. The second kappa shape index (κ2) is 9.56. The fourth-order valence-electron chi connectivity index (χ4n) is 2.97. The van der Waals surface area contributed by atoms with Crippen LogP contribution in [0.5, 0.6) is 5.75 Å². The Balaban J connectivity index is 1.30. The molecule has 0 atom stereocenters. The van der Waals surface area contributed by atoms with Gasteiger partial charge in [-0.3, -0.25) is 9.78 Å². The monoisotopic (exact) mass is 432 g/mol. The van der Waals surface area contributed by atoms with Crippen LogP contribution >= 0.6 is 0 Å². The van der Waals surface area contributed by atoms with Gasteiger partial charge in [-0.05, 0) is 36.4 Å². The summed E-state index contributed by atoms with van der Waals surface area (Å²) < 4.78 is 10.5. The largest absolute Gasteiger partial charge is 0.493 e. The highest BCUT2D eigenvalue weighted by Crippen LogP contribution is 2.24. The topological polar surface area (TPSA) is 131 Å². The lowest BCUT2D eigenvalue weighted by molar-refractivity contribution is 0.0951. The molecule has 0 unspecified atom stereocenters. The van der Waals surface area contributed by atoms with E-state index in [4.69, 9.17) is 9.15 Å². The summed E-state index contributed by atoms with van der Waals surface area (Å²) in [5.41, 5.74) is 0.362. The SMILES string of the molecule is COc1cccc2cc(C(=O)NCCNc3ccc(Nc4ccncc4)nn3)c(=O)oc12. The van der Waals surface area contributed by atoms with Crippen molar-refractivity contribution in [2.24, 2.45) is 0 Å². The highest BCUT2D eigenvalue weighted by molar-refractivity contribution is 5.97. The number of ether oxygens (including phenoxy) is 1. The highest BCUT2D eigenvalue weighted by Gasteiger charge is 2.15. The fraction of sp³-hybridized carbons (Fsp3) is 0.136. The molecule has 0 saturated carbocycles. The Bertz CT molecular complexity index is 1280. The number of hydrogen-bond donors (Lipinski definition) is 3. The minimum Gasteiger partial charge on any atom is -0.493 e. The Kier molecular flexibility index (Phi) is 6.21. The number of pyridine rings is 1. The van der Waals surface area contributed by atoms with Gasteiger partial charge in [-0.15, -0.1) is 10.2 Å². The van der Waals surface area contributed by atoms with Crippen molar-refractivity contribution in [1.82, 2.24) is 20.5 Å². The fourth-order valence-corrected chi connectivity index (χ4v) is 2.97. The number of methoxy groups -OCH3 is 1. The lowest BCUT2D eigenvalue weighted by Gasteiger charge is -2.09. The molecule has 162 valence electrons. The molecular weight excluding hydrogens is 412 g/mol. The molecule has 3 aromatic heterocycles. The molecule has 3 heterocycles. The lowest BCUT2D eigenvalue weighted by Crippen LogP contribution is -2.32. The number of fused-ring (bicyclic) bond motifs is 1. The third kappa shape index (κ3) is 4.81. The van der Waals surface area contributed by atoms with Crippen LogP contribution in [0.15, 0.2) is 70.1 Å². The summed E-state index contributed by atoms with van der Waals surface area (Å²) in [6, 6.07) is 13.9. The maximum Gasteiger partial charge on any atom is 0.349 e. The van der Waals surface area contributed by atoms with Crippen LogP contribution in [-0.4, -0.2) is 41.3 Å². The Hall–Kier alpha value is -4.47. The predicted molar refractivity (Wildman–Crippen MR) is 119 cm³/mol. The van der Waals surface area contributed by atoms with E-state index in [9.17, 15) is 9.59 Å². The zero-order valence-electron chi connectivity index (χ0n) is 17.2. The van der Waals surface area contributed by atoms with Crippen LogP contribution in [0.4, 0.5) is 17.3 Å². The number of rotatable bonds is 8. The summed E-state index contributed by atoms with van der Waals surface area (Å²) in [5.74, 6) is 1.05. The molecule has 0 aliphatic rings. The second-order valence-corrected chi connectivity index (χ2v) is 6.67. The molecule has 1 aromatic carbocycles. The summed E-state index contributed by atoms with van der Waals surface area (Å²) in [5, 5.41) is 17.6. The molecule has 0 fully saturated rings. The molecule has 10 nitrogen and oxygen atoms in total. The zero-order chi connectivity index (χ0) is 22.3. The maximum absolute atomic E-state index is 12.4. The minimum atomic E-state index is -0.726. The van der Waals surface area contributed by atoms with Gasteiger partial charge >= 0.3 is 5.63 Å². The first kappa shape index (κ1) is 20.8. The number of hydrogen-bond acceptors (Lipinski definition) is 9. The average molecular weight is 432 g/mol. The normalized spacial score (nSPS) is 10.5. The molecule has 0 spiro atoms. The van der Waals surface area contributed by atoms with Crippen molar-refractivity contribution in [3.8, 4) is 5.75 Å². The van der Waals surface area contributed by atoms with E-state index in [1.165, 1.54) is 13.2 Å². The molecule has 32 heavy (non-hydrogen) atoms. The number of benzene rings is 1. The summed E-state index contributed by atoms with van der Waals surface area (Å²) in [6.45, 7) is 0.664. The maximum atomic E-state index is 12.4. The van der Waals surface area contributed by atoms with Gasteiger partial charge in [0.05, 0.1) is 7.11 Å². The van der Waals surface area contributed by atoms with Gasteiger partial charge in [0, 0.05) is 36.6 Å². The van der Waals surface area contributed by atoms with Gasteiger partial charge < -0.3 is 25.1 Å². The van der Waals surface area contributed by atoms with E-state index in [-0.39, 0.29) is 12.1 Å². The molecule has 0 aliphatic carbocycles. The molecule has 0 saturated heterocycles. The Morgan fingerprint density at radius 1 is 1.03 bits per heavy atom. The number of para-hydroxylation sites is 1. The third-order valence-electron chi connectivity index (χ3n) is 4.52. The van der Waals surface area contributed by atoms with Gasteiger partial charge in [0.25, 0.3) is 5.91 Å². The van der Waals surface area contributed by atoms with Crippen molar-refractivity contribution >= 4 is 34.2 Å². The Morgan fingerprint density at radius 2 is 1.81 bits per heavy atom. The van der Waals surface area contributed by atoms with Gasteiger partial charge in [0.1, 0.15) is 11.4 Å². The van der Waals surface area contributed by atoms with Crippen LogP contribution in [-0.2, 0) is 0 Å². The molecular formula is C22H20N6O4. The van der Waals surface area contributed by atoms with Gasteiger partial charge in [-0.2, -0.15) is 0 Å². The quantitative estimate of drug-likeness (QED) is 0.284. The molecule has 3 N–H and O–H groups in total. The molecule has 0 radical (unpaired) electrons. The Labute approximate surface area is 182 Å². The van der Waals surface area contributed by atoms with Gasteiger partial charge in [0.15, 0.2) is 17.2 Å². The highest BCUT2D eigenvalue weighted by atomic mass is 16.5. The van der Waals surface area contributed by atoms with Crippen LogP contribution in [0.3, 0.4) is 0 Å². The molecule has 10 heteroatoms. The number of aromatic nitrogens is 3. The van der Waals surface area contributed by atoms with E-state index in [1.807, 2.05) is 12.1 Å². The first-order valence-corrected chi connectivity index (χ1v) is 9.78. The molecule has 0 bridgehead atoms. The van der Waals surface area contributed by atoms with E-state index < -0.39 is 11.5 Å². The molecule has 4 aromatic rings. The first-order chi connectivity index (χ1) is 15.6. The number of nitrogens with one attached hydrogen (secondary N) is 3. The number of anilines is 3. The molecule has 1 amide bonds. The van der Waals surface area contributed by atoms with Crippen molar-refractivity contribution < 1.29 is 13.9 Å². The van der Waals surface area contributed by atoms with E-state index in [0.717, 1.165) is 5.69 Å². The van der Waals surface area contributed by atoms with Gasteiger partial charge in [-0.1, -0.05) is 12.1 Å².